The predicted octanol–water partition coefficient (Wildman–Crippen LogP) is 2.00. The minimum Gasteiger partial charge on any atom is -0.473 e. The van der Waals surface area contributed by atoms with Crippen LogP contribution in [0.2, 0.25) is 0 Å². The van der Waals surface area contributed by atoms with E-state index in [1.807, 2.05) is 0 Å². The highest BCUT2D eigenvalue weighted by molar-refractivity contribution is 7.89. The highest BCUT2D eigenvalue weighted by Gasteiger charge is 2.33. The predicted molar refractivity (Wildman–Crippen MR) is 87.4 cm³/mol. The van der Waals surface area contributed by atoms with Gasteiger partial charge in [-0.2, -0.15) is 9.29 Å². The van der Waals surface area contributed by atoms with Gasteiger partial charge in [0.25, 0.3) is 0 Å². The monoisotopic (exact) mass is 385 g/mol. The van der Waals surface area contributed by atoms with Crippen LogP contribution in [0.25, 0.3) is 0 Å². The van der Waals surface area contributed by atoms with Crippen LogP contribution in [-0.4, -0.2) is 49.0 Å². The molecule has 2 aromatic rings. The highest BCUT2D eigenvalue weighted by Crippen LogP contribution is 2.25. The molecule has 0 saturated carbocycles. The summed E-state index contributed by atoms with van der Waals surface area (Å²) in [4.78, 5) is 7.35. The number of aromatic nitrogens is 2. The van der Waals surface area contributed by atoms with Gasteiger partial charge in [0.2, 0.25) is 15.9 Å². The Hall–Kier alpha value is -2.33. The Balaban J connectivity index is 1.77. The van der Waals surface area contributed by atoms with E-state index in [-0.39, 0.29) is 25.0 Å². The molecule has 1 aromatic carbocycles. The summed E-state index contributed by atoms with van der Waals surface area (Å²) in [6.07, 6.45) is 2.16. The first-order chi connectivity index (χ1) is 12.4. The van der Waals surface area contributed by atoms with Gasteiger partial charge in [-0.1, -0.05) is 0 Å². The summed E-state index contributed by atoms with van der Waals surface area (Å²) in [6.45, 7) is 0.261. The second-order valence-electron chi connectivity index (χ2n) is 5.70. The molecule has 1 aliphatic rings. The molecule has 0 aliphatic carbocycles. The number of methoxy groups -OCH3 is 1. The Morgan fingerprint density at radius 2 is 2.08 bits per heavy atom. The van der Waals surface area contributed by atoms with Gasteiger partial charge in [-0.05, 0) is 25.0 Å². The maximum atomic E-state index is 13.9. The van der Waals surface area contributed by atoms with Crippen LogP contribution >= 0.6 is 0 Å². The van der Waals surface area contributed by atoms with Crippen molar-refractivity contribution >= 4 is 10.0 Å². The number of hydrogen-bond acceptors (Lipinski definition) is 6. The van der Waals surface area contributed by atoms with Crippen LogP contribution in [-0.2, 0) is 10.0 Å². The molecule has 140 valence electrons. The van der Waals surface area contributed by atoms with Crippen LogP contribution in [0.5, 0.6) is 11.9 Å². The van der Waals surface area contributed by atoms with Crippen LogP contribution in [0.1, 0.15) is 12.8 Å². The van der Waals surface area contributed by atoms with E-state index >= 15 is 0 Å². The normalized spacial score (nSPS) is 18.5. The third kappa shape index (κ3) is 3.91. The minimum atomic E-state index is -4.09. The van der Waals surface area contributed by atoms with E-state index in [2.05, 4.69) is 9.97 Å². The Morgan fingerprint density at radius 3 is 2.81 bits per heavy atom. The second kappa shape index (κ2) is 7.50. The number of rotatable bonds is 5. The maximum Gasteiger partial charge on any atom is 0.319 e. The van der Waals surface area contributed by atoms with E-state index < -0.39 is 32.7 Å². The van der Waals surface area contributed by atoms with Gasteiger partial charge in [0.15, 0.2) is 0 Å². The average Bonchev–Trinajstić information content (AvgIpc) is 2.62. The topological polar surface area (TPSA) is 81.6 Å². The summed E-state index contributed by atoms with van der Waals surface area (Å²) < 4.78 is 64.1. The Kier molecular flexibility index (Phi) is 5.33. The first-order valence-corrected chi connectivity index (χ1v) is 9.33. The highest BCUT2D eigenvalue weighted by atomic mass is 32.2. The molecule has 0 amide bonds. The third-order valence-electron chi connectivity index (χ3n) is 3.93. The summed E-state index contributed by atoms with van der Waals surface area (Å²) in [7, 11) is -2.67. The zero-order valence-electron chi connectivity index (χ0n) is 13.9. The van der Waals surface area contributed by atoms with Crippen molar-refractivity contribution in [2.75, 3.05) is 20.2 Å². The van der Waals surface area contributed by atoms with E-state index in [9.17, 15) is 17.2 Å². The van der Waals surface area contributed by atoms with Gasteiger partial charge in [0.1, 0.15) is 22.6 Å². The van der Waals surface area contributed by atoms with Crippen LogP contribution in [0.15, 0.2) is 35.4 Å². The zero-order chi connectivity index (χ0) is 18.7. The molecule has 1 unspecified atom stereocenters. The van der Waals surface area contributed by atoms with Gasteiger partial charge in [0, 0.05) is 24.9 Å². The van der Waals surface area contributed by atoms with Crippen molar-refractivity contribution in [3.63, 3.8) is 0 Å². The van der Waals surface area contributed by atoms with Gasteiger partial charge in [-0.3, -0.25) is 0 Å². The van der Waals surface area contributed by atoms with Crippen molar-refractivity contribution in [3.8, 4) is 11.9 Å². The van der Waals surface area contributed by atoms with Gasteiger partial charge in [-0.15, -0.1) is 0 Å². The van der Waals surface area contributed by atoms with Crippen molar-refractivity contribution in [1.29, 1.82) is 0 Å². The molecule has 0 N–H and O–H groups in total. The second-order valence-corrected chi connectivity index (χ2v) is 7.61. The number of sulfonamides is 1. The molecular weight excluding hydrogens is 368 g/mol. The number of ether oxygens (including phenoxy) is 2. The molecule has 0 spiro atoms. The van der Waals surface area contributed by atoms with Gasteiger partial charge >= 0.3 is 6.01 Å². The molecule has 26 heavy (non-hydrogen) atoms. The number of piperidine rings is 1. The molecule has 1 atom stereocenters. The van der Waals surface area contributed by atoms with Gasteiger partial charge in [0.05, 0.1) is 13.7 Å². The summed E-state index contributed by atoms with van der Waals surface area (Å²) in [5.74, 6) is -1.69. The molecule has 1 aromatic heterocycles. The summed E-state index contributed by atoms with van der Waals surface area (Å²) in [5, 5.41) is 0. The number of nitrogens with zero attached hydrogens (tertiary/aromatic N) is 3. The van der Waals surface area contributed by atoms with Crippen molar-refractivity contribution in [1.82, 2.24) is 14.3 Å². The lowest BCUT2D eigenvalue weighted by Gasteiger charge is -2.31. The van der Waals surface area contributed by atoms with E-state index in [4.69, 9.17) is 9.47 Å². The van der Waals surface area contributed by atoms with Crippen molar-refractivity contribution in [2.45, 2.75) is 23.8 Å². The smallest absolute Gasteiger partial charge is 0.319 e. The molecule has 0 bridgehead atoms. The van der Waals surface area contributed by atoms with Crippen LogP contribution in [0.3, 0.4) is 0 Å². The zero-order valence-corrected chi connectivity index (χ0v) is 14.7. The molecule has 0 radical (unpaired) electrons. The standard InChI is InChI=1S/C16H17F2N3O4S/c1-24-16-19-7-6-15(20-16)25-12-3-2-8-21(10-12)26(22,23)14-5-4-11(17)9-13(14)18/h4-7,9,12H,2-3,8,10H2,1H3. The van der Waals surface area contributed by atoms with E-state index in [0.29, 0.717) is 18.9 Å². The molecule has 1 saturated heterocycles. The fourth-order valence-electron chi connectivity index (χ4n) is 2.70. The lowest BCUT2D eigenvalue weighted by molar-refractivity contribution is 0.123. The Labute approximate surface area is 149 Å². The third-order valence-corrected chi connectivity index (χ3v) is 5.83. The summed E-state index contributed by atoms with van der Waals surface area (Å²) >= 11 is 0. The molecular formula is C16H17F2N3O4S. The molecule has 2 heterocycles. The lowest BCUT2D eigenvalue weighted by Crippen LogP contribution is -2.44. The average molecular weight is 385 g/mol. The minimum absolute atomic E-state index is 0.0332. The van der Waals surface area contributed by atoms with Crippen LogP contribution in [0, 0.1) is 11.6 Å². The number of benzene rings is 1. The van der Waals surface area contributed by atoms with Crippen molar-refractivity contribution < 1.29 is 26.7 Å². The maximum absolute atomic E-state index is 13.9. The fraction of sp³-hybridized carbons (Fsp3) is 0.375. The molecule has 10 heteroatoms. The van der Waals surface area contributed by atoms with Gasteiger partial charge < -0.3 is 9.47 Å². The molecule has 1 aliphatic heterocycles. The number of halogens is 2. The van der Waals surface area contributed by atoms with Crippen molar-refractivity contribution in [2.24, 2.45) is 0 Å². The fourth-order valence-corrected chi connectivity index (χ4v) is 4.26. The first kappa shape index (κ1) is 18.5. The van der Waals surface area contributed by atoms with Crippen molar-refractivity contribution in [3.05, 3.63) is 42.1 Å². The Bertz CT molecular complexity index is 895. The summed E-state index contributed by atoms with van der Waals surface area (Å²) in [5.41, 5.74) is 0. The quantitative estimate of drug-likeness (QED) is 0.783. The first-order valence-electron chi connectivity index (χ1n) is 7.89. The van der Waals surface area contributed by atoms with E-state index in [1.165, 1.54) is 19.4 Å². The Morgan fingerprint density at radius 1 is 1.27 bits per heavy atom. The number of hydrogen-bond donors (Lipinski definition) is 0. The lowest BCUT2D eigenvalue weighted by atomic mass is 10.1. The van der Waals surface area contributed by atoms with Gasteiger partial charge in [-0.25, -0.2) is 22.2 Å². The van der Waals surface area contributed by atoms with E-state index in [1.54, 1.807) is 0 Å². The summed E-state index contributed by atoms with van der Waals surface area (Å²) in [6, 6.07) is 4.07. The molecule has 7 nitrogen and oxygen atoms in total. The van der Waals surface area contributed by atoms with E-state index in [0.717, 1.165) is 16.4 Å². The molecule has 3 rings (SSSR count). The van der Waals surface area contributed by atoms with Crippen LogP contribution < -0.4 is 9.47 Å². The largest absolute Gasteiger partial charge is 0.473 e. The van der Waals surface area contributed by atoms with Crippen LogP contribution in [0.4, 0.5) is 8.78 Å². The molecule has 1 fully saturated rings. The SMILES string of the molecule is COc1nccc(OC2CCCN(S(=O)(=O)c3ccc(F)cc3F)C2)n1.